The molecule has 0 aromatic rings. The van der Waals surface area contributed by atoms with Gasteiger partial charge in [0.15, 0.2) is 0 Å². The molecule has 7 heteroatoms. The lowest BCUT2D eigenvalue weighted by molar-refractivity contribution is -0.124. The van der Waals surface area contributed by atoms with E-state index < -0.39 is 0 Å². The molecule has 2 atom stereocenters. The Bertz CT molecular complexity index is 333. The number of nitrogens with one attached hydrogen (secondary N) is 1. The van der Waals surface area contributed by atoms with Crippen LogP contribution in [-0.4, -0.2) is 54.7 Å². The molecule has 1 heterocycles. The van der Waals surface area contributed by atoms with Gasteiger partial charge in [-0.05, 0) is 26.2 Å². The highest BCUT2D eigenvalue weighted by atomic mass is 35.5. The normalized spacial score (nSPS) is 23.8. The Balaban J connectivity index is 0.00000220. The van der Waals surface area contributed by atoms with Gasteiger partial charge in [-0.3, -0.25) is 9.69 Å². The highest BCUT2D eigenvalue weighted by Gasteiger charge is 2.45. The third-order valence-electron chi connectivity index (χ3n) is 5.05. The molecule has 1 aliphatic carbocycles. The van der Waals surface area contributed by atoms with Crippen molar-refractivity contribution in [1.82, 2.24) is 10.2 Å². The van der Waals surface area contributed by atoms with E-state index in [4.69, 9.17) is 10.5 Å². The average molecular weight is 356 g/mol. The van der Waals surface area contributed by atoms with E-state index in [-0.39, 0.29) is 48.3 Å². The van der Waals surface area contributed by atoms with E-state index in [1.165, 1.54) is 12.8 Å². The summed E-state index contributed by atoms with van der Waals surface area (Å²) in [7, 11) is 0. The minimum atomic E-state index is -0.388. The van der Waals surface area contributed by atoms with Crippen molar-refractivity contribution in [3.8, 4) is 0 Å². The van der Waals surface area contributed by atoms with Crippen LogP contribution in [0.5, 0.6) is 0 Å². The van der Waals surface area contributed by atoms with Crippen molar-refractivity contribution in [2.75, 3.05) is 26.3 Å². The topological polar surface area (TPSA) is 67.6 Å². The van der Waals surface area contributed by atoms with Gasteiger partial charge in [0.1, 0.15) is 0 Å². The molecule has 3 N–H and O–H groups in total. The monoisotopic (exact) mass is 355 g/mol. The van der Waals surface area contributed by atoms with E-state index in [9.17, 15) is 4.79 Å². The number of nitrogens with two attached hydrogens (primary N) is 1. The van der Waals surface area contributed by atoms with Crippen LogP contribution in [0.1, 0.15) is 46.0 Å². The minimum Gasteiger partial charge on any atom is -0.379 e. The van der Waals surface area contributed by atoms with Gasteiger partial charge in [0.05, 0.1) is 19.3 Å². The Morgan fingerprint density at radius 2 is 1.82 bits per heavy atom. The van der Waals surface area contributed by atoms with Gasteiger partial charge in [-0.2, -0.15) is 0 Å². The smallest absolute Gasteiger partial charge is 0.237 e. The SMILES string of the molecule is CC[C@H](N)C(=O)NC(C)C1(N2CCOCC2)CCCC1.Cl.Cl. The molecule has 22 heavy (non-hydrogen) atoms. The number of carbonyl (C=O) groups excluding carboxylic acids is 1. The number of ether oxygens (including phenoxy) is 1. The molecule has 0 aromatic carbocycles. The molecule has 1 saturated heterocycles. The zero-order valence-corrected chi connectivity index (χ0v) is 15.3. The summed E-state index contributed by atoms with van der Waals surface area (Å²) in [6.07, 6.45) is 5.50. The molecule has 1 aliphatic heterocycles. The van der Waals surface area contributed by atoms with Crippen LogP contribution in [0.15, 0.2) is 0 Å². The second kappa shape index (κ2) is 9.93. The van der Waals surface area contributed by atoms with Crippen LogP contribution in [0.2, 0.25) is 0 Å². The van der Waals surface area contributed by atoms with E-state index in [2.05, 4.69) is 17.1 Å². The van der Waals surface area contributed by atoms with Gasteiger partial charge in [0, 0.05) is 24.7 Å². The highest BCUT2D eigenvalue weighted by molar-refractivity contribution is 5.85. The fourth-order valence-electron chi connectivity index (χ4n) is 3.66. The maximum absolute atomic E-state index is 12.1. The predicted octanol–water partition coefficient (Wildman–Crippen LogP) is 1.72. The molecule has 0 bridgehead atoms. The first-order chi connectivity index (χ1) is 9.60. The van der Waals surface area contributed by atoms with E-state index in [1.807, 2.05) is 6.92 Å². The molecule has 2 rings (SSSR count). The molecule has 2 aliphatic rings. The molecular weight excluding hydrogens is 325 g/mol. The summed E-state index contributed by atoms with van der Waals surface area (Å²) >= 11 is 0. The first-order valence-electron chi connectivity index (χ1n) is 7.99. The average Bonchev–Trinajstić information content (AvgIpc) is 2.98. The van der Waals surface area contributed by atoms with Crippen LogP contribution < -0.4 is 11.1 Å². The summed E-state index contributed by atoms with van der Waals surface area (Å²) in [4.78, 5) is 14.6. The maximum Gasteiger partial charge on any atom is 0.237 e. The van der Waals surface area contributed by atoms with Crippen molar-refractivity contribution in [1.29, 1.82) is 0 Å². The van der Waals surface area contributed by atoms with E-state index in [1.54, 1.807) is 0 Å². The van der Waals surface area contributed by atoms with Crippen molar-refractivity contribution < 1.29 is 9.53 Å². The maximum atomic E-state index is 12.1. The van der Waals surface area contributed by atoms with Crippen molar-refractivity contribution >= 4 is 30.7 Å². The second-order valence-corrected chi connectivity index (χ2v) is 6.16. The van der Waals surface area contributed by atoms with Crippen molar-refractivity contribution in [3.63, 3.8) is 0 Å². The third-order valence-corrected chi connectivity index (χ3v) is 5.05. The van der Waals surface area contributed by atoms with Gasteiger partial charge in [-0.15, -0.1) is 24.8 Å². The Morgan fingerprint density at radius 3 is 2.32 bits per heavy atom. The van der Waals surface area contributed by atoms with Gasteiger partial charge in [0.2, 0.25) is 5.91 Å². The summed E-state index contributed by atoms with van der Waals surface area (Å²) < 4.78 is 5.47. The third kappa shape index (κ3) is 4.71. The number of carbonyl (C=O) groups is 1. The Morgan fingerprint density at radius 1 is 1.27 bits per heavy atom. The van der Waals surface area contributed by atoms with Crippen LogP contribution in [0.3, 0.4) is 0 Å². The van der Waals surface area contributed by atoms with Crippen molar-refractivity contribution in [2.24, 2.45) is 5.73 Å². The van der Waals surface area contributed by atoms with Gasteiger partial charge >= 0.3 is 0 Å². The lowest BCUT2D eigenvalue weighted by Crippen LogP contribution is -2.63. The molecule has 132 valence electrons. The second-order valence-electron chi connectivity index (χ2n) is 6.16. The summed E-state index contributed by atoms with van der Waals surface area (Å²) in [6, 6.07) is -0.242. The minimum absolute atomic E-state index is 0. The fourth-order valence-corrected chi connectivity index (χ4v) is 3.66. The number of rotatable bonds is 5. The fraction of sp³-hybridized carbons (Fsp3) is 0.933. The highest BCUT2D eigenvalue weighted by Crippen LogP contribution is 2.38. The number of hydrogen-bond donors (Lipinski definition) is 2. The van der Waals surface area contributed by atoms with Crippen LogP contribution in [0.4, 0.5) is 0 Å². The summed E-state index contributed by atoms with van der Waals surface area (Å²) in [5.41, 5.74) is 5.94. The summed E-state index contributed by atoms with van der Waals surface area (Å²) in [5, 5.41) is 3.16. The molecule has 0 aromatic heterocycles. The van der Waals surface area contributed by atoms with Crippen LogP contribution in [0.25, 0.3) is 0 Å². The van der Waals surface area contributed by atoms with Crippen LogP contribution in [-0.2, 0) is 9.53 Å². The van der Waals surface area contributed by atoms with Gasteiger partial charge in [-0.1, -0.05) is 19.8 Å². The number of nitrogens with zero attached hydrogens (tertiary/aromatic N) is 1. The summed E-state index contributed by atoms with van der Waals surface area (Å²) in [6.45, 7) is 7.64. The van der Waals surface area contributed by atoms with E-state index >= 15 is 0 Å². The predicted molar refractivity (Wildman–Crippen MR) is 94.0 cm³/mol. The molecule has 0 spiro atoms. The summed E-state index contributed by atoms with van der Waals surface area (Å²) in [5.74, 6) is -0.0143. The van der Waals surface area contributed by atoms with Gasteiger partial charge in [-0.25, -0.2) is 0 Å². The molecule has 1 unspecified atom stereocenters. The molecule has 0 radical (unpaired) electrons. The van der Waals surface area contributed by atoms with Crippen LogP contribution in [0, 0.1) is 0 Å². The zero-order chi connectivity index (χ0) is 14.6. The Labute approximate surface area is 146 Å². The number of amides is 1. The molecule has 5 nitrogen and oxygen atoms in total. The number of morpholine rings is 1. The Hall–Kier alpha value is -0.0700. The number of halogens is 2. The molecule has 1 amide bonds. The Kier molecular flexibility index (Phi) is 9.90. The lowest BCUT2D eigenvalue weighted by atomic mass is 9.86. The molecule has 1 saturated carbocycles. The first kappa shape index (κ1) is 21.9. The molecule has 2 fully saturated rings. The standard InChI is InChI=1S/C15H29N3O2.2ClH/c1-3-13(16)14(19)17-12(2)15(6-4-5-7-15)18-8-10-20-11-9-18;;/h12-13H,3-11,16H2,1-2H3,(H,17,19);2*1H/t12?,13-;;/m0../s1. The van der Waals surface area contributed by atoms with Gasteiger partial charge in [0.25, 0.3) is 0 Å². The van der Waals surface area contributed by atoms with Gasteiger partial charge < -0.3 is 15.8 Å². The van der Waals surface area contributed by atoms with E-state index in [0.717, 1.165) is 39.1 Å². The zero-order valence-electron chi connectivity index (χ0n) is 13.7. The van der Waals surface area contributed by atoms with E-state index in [0.29, 0.717) is 6.42 Å². The number of hydrogen-bond acceptors (Lipinski definition) is 4. The van der Waals surface area contributed by atoms with Crippen molar-refractivity contribution in [2.45, 2.75) is 63.6 Å². The van der Waals surface area contributed by atoms with Crippen molar-refractivity contribution in [3.05, 3.63) is 0 Å². The first-order valence-corrected chi connectivity index (χ1v) is 7.99. The largest absolute Gasteiger partial charge is 0.379 e. The molecular formula is C15H31Cl2N3O2. The lowest BCUT2D eigenvalue weighted by Gasteiger charge is -2.47. The quantitative estimate of drug-likeness (QED) is 0.787. The van der Waals surface area contributed by atoms with Crippen LogP contribution >= 0.6 is 24.8 Å².